The van der Waals surface area contributed by atoms with Gasteiger partial charge in [0.05, 0.1) is 0 Å². The maximum absolute atomic E-state index is 5.12. The molecule has 2 heterocycles. The first kappa shape index (κ1) is 26.3. The molecule has 0 fully saturated rings. The minimum atomic E-state index is 0.662. The van der Waals surface area contributed by atoms with Crippen molar-refractivity contribution in [3.8, 4) is 34.2 Å². The molecule has 0 radical (unpaired) electrons. The summed E-state index contributed by atoms with van der Waals surface area (Å²) in [6.45, 7) is 0. The lowest BCUT2D eigenvalue weighted by molar-refractivity contribution is 1.08. The maximum Gasteiger partial charge on any atom is 0.164 e. The first-order chi connectivity index (χ1) is 23.2. The molecule has 0 bridgehead atoms. The number of fused-ring (bicyclic) bond motifs is 9. The highest BCUT2D eigenvalue weighted by atomic mass is 32.1. The summed E-state index contributed by atoms with van der Waals surface area (Å²) in [5.41, 5.74) is 2.91. The molecule has 47 heavy (non-hydrogen) atoms. The van der Waals surface area contributed by atoms with Crippen molar-refractivity contribution >= 4 is 74.6 Å². The third-order valence-electron chi connectivity index (χ3n) is 9.28. The normalized spacial score (nSPS) is 11.8. The summed E-state index contributed by atoms with van der Waals surface area (Å²) in [6.07, 6.45) is 0. The maximum atomic E-state index is 5.12. The second-order valence-electron chi connectivity index (χ2n) is 12.1. The third kappa shape index (κ3) is 4.30. The van der Waals surface area contributed by atoms with Crippen LogP contribution >= 0.6 is 11.3 Å². The molecule has 0 aliphatic heterocycles. The predicted octanol–water partition coefficient (Wildman–Crippen LogP) is 11.9. The second kappa shape index (κ2) is 10.3. The number of nitrogens with zero attached hydrogens (tertiary/aromatic N) is 3. The molecular formula is C43H25N3S. The van der Waals surface area contributed by atoms with Gasteiger partial charge in [-0.05, 0) is 67.4 Å². The Morgan fingerprint density at radius 3 is 1.28 bits per heavy atom. The zero-order valence-electron chi connectivity index (χ0n) is 25.2. The van der Waals surface area contributed by atoms with E-state index in [9.17, 15) is 0 Å². The van der Waals surface area contributed by atoms with Gasteiger partial charge in [-0.15, -0.1) is 11.3 Å². The van der Waals surface area contributed by atoms with Crippen molar-refractivity contribution in [1.82, 2.24) is 15.0 Å². The van der Waals surface area contributed by atoms with E-state index in [1.165, 1.54) is 52.5 Å². The van der Waals surface area contributed by atoms with Gasteiger partial charge in [0.1, 0.15) is 0 Å². The largest absolute Gasteiger partial charge is 0.208 e. The monoisotopic (exact) mass is 615 g/mol. The van der Waals surface area contributed by atoms with Crippen molar-refractivity contribution < 1.29 is 0 Å². The van der Waals surface area contributed by atoms with Crippen LogP contribution in [-0.4, -0.2) is 15.0 Å². The van der Waals surface area contributed by atoms with E-state index in [0.717, 1.165) is 27.5 Å². The van der Waals surface area contributed by atoms with E-state index in [-0.39, 0.29) is 0 Å². The van der Waals surface area contributed by atoms with Gasteiger partial charge < -0.3 is 0 Å². The topological polar surface area (TPSA) is 38.7 Å². The van der Waals surface area contributed by atoms with Crippen molar-refractivity contribution in [3.63, 3.8) is 0 Å². The quantitative estimate of drug-likeness (QED) is 0.186. The first-order valence-electron chi connectivity index (χ1n) is 15.8. The summed E-state index contributed by atoms with van der Waals surface area (Å²) in [4.78, 5) is 15.3. The molecule has 8 aromatic carbocycles. The average Bonchev–Trinajstić information content (AvgIpc) is 3.52. The molecule has 0 spiro atoms. The van der Waals surface area contributed by atoms with Gasteiger partial charge in [-0.2, -0.15) is 0 Å². The number of benzene rings is 8. The number of thiophene rings is 1. The standard InChI is InChI=1S/C43H25N3S/c1-3-9-33-26(7-1)13-15-28-23-30(17-20-35(28)33)41-44-42(31-18-21-36-29(24-31)16-14-27-8-2-4-10-34(27)36)46-43(45-41)32-19-22-38-37-11-5-6-12-39(37)47-40(38)25-32/h1-25H. The van der Waals surface area contributed by atoms with Crippen LogP contribution in [0.2, 0.25) is 0 Å². The lowest BCUT2D eigenvalue weighted by Crippen LogP contribution is -2.00. The van der Waals surface area contributed by atoms with Gasteiger partial charge in [0.2, 0.25) is 0 Å². The van der Waals surface area contributed by atoms with Crippen LogP contribution < -0.4 is 0 Å². The summed E-state index contributed by atoms with van der Waals surface area (Å²) in [5, 5.41) is 12.3. The van der Waals surface area contributed by atoms with Crippen molar-refractivity contribution in [2.75, 3.05) is 0 Å². The molecule has 3 nitrogen and oxygen atoms in total. The van der Waals surface area contributed by atoms with Crippen LogP contribution in [0.3, 0.4) is 0 Å². The minimum Gasteiger partial charge on any atom is -0.208 e. The van der Waals surface area contributed by atoms with Gasteiger partial charge in [0.15, 0.2) is 17.5 Å². The molecule has 0 amide bonds. The van der Waals surface area contributed by atoms with Crippen molar-refractivity contribution in [1.29, 1.82) is 0 Å². The Bertz CT molecular complexity index is 2730. The van der Waals surface area contributed by atoms with E-state index in [1.807, 2.05) is 0 Å². The third-order valence-corrected chi connectivity index (χ3v) is 10.4. The van der Waals surface area contributed by atoms with Crippen LogP contribution in [0, 0.1) is 0 Å². The van der Waals surface area contributed by atoms with Crippen LogP contribution in [0.25, 0.3) is 97.4 Å². The van der Waals surface area contributed by atoms with Crippen molar-refractivity contribution in [2.45, 2.75) is 0 Å². The van der Waals surface area contributed by atoms with E-state index in [4.69, 9.17) is 15.0 Å². The van der Waals surface area contributed by atoms with E-state index < -0.39 is 0 Å². The lowest BCUT2D eigenvalue weighted by atomic mass is 9.99. The molecule has 0 aliphatic carbocycles. The van der Waals surface area contributed by atoms with Gasteiger partial charge in [-0.3, -0.25) is 0 Å². The van der Waals surface area contributed by atoms with Crippen LogP contribution in [-0.2, 0) is 0 Å². The number of hydrogen-bond donors (Lipinski definition) is 0. The molecule has 0 atom stereocenters. The summed E-state index contributed by atoms with van der Waals surface area (Å²) >= 11 is 1.81. The van der Waals surface area contributed by atoms with E-state index >= 15 is 0 Å². The molecule has 0 unspecified atom stereocenters. The summed E-state index contributed by atoms with van der Waals surface area (Å²) in [7, 11) is 0. The molecule has 2 aromatic heterocycles. The highest BCUT2D eigenvalue weighted by Gasteiger charge is 2.15. The van der Waals surface area contributed by atoms with Gasteiger partial charge >= 0.3 is 0 Å². The summed E-state index contributed by atoms with van der Waals surface area (Å²) in [5.74, 6) is 1.99. The van der Waals surface area contributed by atoms with Gasteiger partial charge in [0, 0.05) is 36.9 Å². The lowest BCUT2D eigenvalue weighted by Gasteiger charge is -2.11. The van der Waals surface area contributed by atoms with Crippen LogP contribution in [0.4, 0.5) is 0 Å². The molecule has 10 aromatic rings. The van der Waals surface area contributed by atoms with Crippen LogP contribution in [0.5, 0.6) is 0 Å². The smallest absolute Gasteiger partial charge is 0.164 e. The Hall–Kier alpha value is -5.97. The number of rotatable bonds is 3. The number of aromatic nitrogens is 3. The van der Waals surface area contributed by atoms with Crippen molar-refractivity contribution in [2.24, 2.45) is 0 Å². The van der Waals surface area contributed by atoms with Crippen LogP contribution in [0.1, 0.15) is 0 Å². The molecule has 4 heteroatoms. The zero-order valence-corrected chi connectivity index (χ0v) is 26.0. The predicted molar refractivity (Wildman–Crippen MR) is 199 cm³/mol. The van der Waals surface area contributed by atoms with E-state index in [2.05, 4.69) is 152 Å². The van der Waals surface area contributed by atoms with E-state index in [0.29, 0.717) is 17.5 Å². The average molecular weight is 616 g/mol. The minimum absolute atomic E-state index is 0.662. The second-order valence-corrected chi connectivity index (χ2v) is 13.1. The van der Waals surface area contributed by atoms with Crippen molar-refractivity contribution in [3.05, 3.63) is 152 Å². The molecule has 0 aliphatic rings. The number of hydrogen-bond acceptors (Lipinski definition) is 4. The van der Waals surface area contributed by atoms with Crippen LogP contribution in [0.15, 0.2) is 152 Å². The Labute approximate surface area is 274 Å². The highest BCUT2D eigenvalue weighted by Crippen LogP contribution is 2.37. The summed E-state index contributed by atoms with van der Waals surface area (Å²) in [6, 6.07) is 54.0. The van der Waals surface area contributed by atoms with E-state index in [1.54, 1.807) is 11.3 Å². The molecule has 0 saturated carbocycles. The molecule has 10 rings (SSSR count). The van der Waals surface area contributed by atoms with Gasteiger partial charge in [-0.1, -0.05) is 127 Å². The Morgan fingerprint density at radius 1 is 0.298 bits per heavy atom. The highest BCUT2D eigenvalue weighted by molar-refractivity contribution is 7.25. The summed E-state index contributed by atoms with van der Waals surface area (Å²) < 4.78 is 2.51. The molecular weight excluding hydrogens is 591 g/mol. The zero-order chi connectivity index (χ0) is 30.9. The Morgan fingerprint density at radius 2 is 0.702 bits per heavy atom. The SMILES string of the molecule is c1ccc2c(c1)ccc1cc(-c3nc(-c4ccc5c(ccc6ccccc65)c4)nc(-c4ccc5c(c4)sc4ccccc45)n3)ccc12. The van der Waals surface area contributed by atoms with Gasteiger partial charge in [-0.25, -0.2) is 15.0 Å². The Balaban J connectivity index is 1.18. The first-order valence-corrected chi connectivity index (χ1v) is 16.6. The molecule has 0 saturated heterocycles. The Kier molecular flexibility index (Phi) is 5.74. The fourth-order valence-electron chi connectivity index (χ4n) is 6.93. The molecule has 218 valence electrons. The molecule has 0 N–H and O–H groups in total. The fraction of sp³-hybridized carbons (Fsp3) is 0. The van der Waals surface area contributed by atoms with Gasteiger partial charge in [0.25, 0.3) is 0 Å². The fourth-order valence-corrected chi connectivity index (χ4v) is 8.08.